The van der Waals surface area contributed by atoms with Crippen LogP contribution in [0, 0.1) is 18.8 Å². The number of nitrogens with zero attached hydrogens (tertiary/aromatic N) is 4. The van der Waals surface area contributed by atoms with Crippen LogP contribution in [0.2, 0.25) is 0 Å². The highest BCUT2D eigenvalue weighted by Gasteiger charge is 2.58. The summed E-state index contributed by atoms with van der Waals surface area (Å²) in [4.78, 5) is 39.8. The van der Waals surface area contributed by atoms with E-state index < -0.39 is 18.6 Å². The maximum absolute atomic E-state index is 13.0. The summed E-state index contributed by atoms with van der Waals surface area (Å²) in [6.07, 6.45) is 22.7. The molecule has 4 aliphatic carbocycles. The third-order valence-electron chi connectivity index (χ3n) is 11.3. The van der Waals surface area contributed by atoms with Crippen LogP contribution in [0.15, 0.2) is 24.5 Å². The highest BCUT2D eigenvalue weighted by molar-refractivity contribution is 5.92. The SMILES string of the molecule is CCCCCCCCCCNC12CC3CC(C1)CC(NC(=O)c1ccnc(C)n1)(C3)C2.O=C(O)c1nccc(CCCCCCCCCC(F)(F)F)n1. The smallest absolute Gasteiger partial charge is 0.389 e. The molecule has 6 rings (SSSR count). The molecule has 0 radical (unpaired) electrons. The van der Waals surface area contributed by atoms with Crippen LogP contribution in [0.25, 0.3) is 0 Å². The zero-order chi connectivity index (χ0) is 38.2. The molecule has 0 spiro atoms. The minimum atomic E-state index is -4.04. The van der Waals surface area contributed by atoms with Crippen LogP contribution >= 0.6 is 0 Å². The van der Waals surface area contributed by atoms with Gasteiger partial charge < -0.3 is 15.7 Å². The molecule has 0 aliphatic heterocycles. The van der Waals surface area contributed by atoms with Crippen molar-refractivity contribution in [1.82, 2.24) is 30.6 Å². The second kappa shape index (κ2) is 21.1. The first kappa shape index (κ1) is 42.6. The number of carboxylic acid groups (broad SMARTS) is 1. The highest BCUT2D eigenvalue weighted by atomic mass is 19.4. The number of amides is 1. The van der Waals surface area contributed by atoms with Crippen LogP contribution in [-0.2, 0) is 6.42 Å². The molecule has 12 heteroatoms. The van der Waals surface area contributed by atoms with Crippen molar-refractivity contribution in [2.45, 2.75) is 179 Å². The zero-order valence-electron chi connectivity index (χ0n) is 32.1. The Morgan fingerprint density at radius 2 is 1.38 bits per heavy atom. The van der Waals surface area contributed by atoms with Gasteiger partial charge in [-0.3, -0.25) is 4.79 Å². The number of aromatic carboxylic acids is 1. The molecule has 2 heterocycles. The van der Waals surface area contributed by atoms with Crippen LogP contribution in [-0.4, -0.2) is 60.7 Å². The Hall–Kier alpha value is -3.15. The van der Waals surface area contributed by atoms with E-state index in [2.05, 4.69) is 37.5 Å². The number of carbonyl (C=O) groups is 2. The standard InChI is InChI=1S/C26H42N4O.C15H21F3N2O2/c1-3-4-5-6-7-8-9-10-12-28-25-15-21-14-22(16-25)18-26(17-21,19-25)30-24(31)23-11-13-27-20(2)29-23;16-15(17,18)10-7-5-3-1-2-4-6-8-12-9-11-19-13(20-12)14(21)22/h11,13,21-22,28H,3-10,12,14-19H2,1-2H3,(H,30,31);9,11H,1-8,10H2,(H,21,22). The van der Waals surface area contributed by atoms with E-state index in [1.165, 1.54) is 76.8 Å². The van der Waals surface area contributed by atoms with Crippen molar-refractivity contribution < 1.29 is 27.9 Å². The van der Waals surface area contributed by atoms with E-state index in [1.54, 1.807) is 18.3 Å². The van der Waals surface area contributed by atoms with Crippen LogP contribution in [0.4, 0.5) is 13.2 Å². The van der Waals surface area contributed by atoms with Gasteiger partial charge in [-0.05, 0) is 102 Å². The number of carbonyl (C=O) groups excluding carboxylic acids is 1. The molecule has 0 saturated heterocycles. The molecule has 3 N–H and O–H groups in total. The topological polar surface area (TPSA) is 130 Å². The Balaban J connectivity index is 0.000000253. The van der Waals surface area contributed by atoms with Crippen molar-refractivity contribution >= 4 is 11.9 Å². The van der Waals surface area contributed by atoms with Crippen LogP contribution in [0.1, 0.15) is 181 Å². The molecule has 2 unspecified atom stereocenters. The first-order chi connectivity index (χ1) is 25.4. The number of unbranched alkanes of at least 4 members (excludes halogenated alkanes) is 13. The van der Waals surface area contributed by atoms with Crippen molar-refractivity contribution in [2.24, 2.45) is 11.8 Å². The lowest BCUT2D eigenvalue weighted by Crippen LogP contribution is -2.69. The van der Waals surface area contributed by atoms with Gasteiger partial charge in [0.2, 0.25) is 5.82 Å². The van der Waals surface area contributed by atoms with Gasteiger partial charge in [0.05, 0.1) is 0 Å². The van der Waals surface area contributed by atoms with Gasteiger partial charge in [-0.2, -0.15) is 13.2 Å². The molecular weight excluding hydrogens is 681 g/mol. The molecule has 2 aromatic heterocycles. The van der Waals surface area contributed by atoms with E-state index in [-0.39, 0.29) is 29.2 Å². The number of rotatable bonds is 22. The minimum Gasteiger partial charge on any atom is -0.475 e. The number of hydrogen-bond acceptors (Lipinski definition) is 7. The molecule has 4 bridgehead atoms. The number of carboxylic acids is 1. The summed E-state index contributed by atoms with van der Waals surface area (Å²) < 4.78 is 35.8. The van der Waals surface area contributed by atoms with Gasteiger partial charge in [-0.15, -0.1) is 0 Å². The fraction of sp³-hybridized carbons (Fsp3) is 0.756. The monoisotopic (exact) mass is 744 g/mol. The van der Waals surface area contributed by atoms with E-state index in [4.69, 9.17) is 5.11 Å². The Morgan fingerprint density at radius 3 is 2.00 bits per heavy atom. The summed E-state index contributed by atoms with van der Waals surface area (Å²) in [5.41, 5.74) is 1.40. The van der Waals surface area contributed by atoms with E-state index in [0.29, 0.717) is 30.1 Å². The molecular formula is C41H63F3N6O3. The number of nitrogens with one attached hydrogen (secondary N) is 2. The molecule has 53 heavy (non-hydrogen) atoms. The van der Waals surface area contributed by atoms with Crippen LogP contribution in [0.5, 0.6) is 0 Å². The summed E-state index contributed by atoms with van der Waals surface area (Å²) in [6.45, 7) is 5.25. The number of aryl methyl sites for hydroxylation is 2. The van der Waals surface area contributed by atoms with E-state index >= 15 is 0 Å². The van der Waals surface area contributed by atoms with Crippen LogP contribution in [0.3, 0.4) is 0 Å². The predicted octanol–water partition coefficient (Wildman–Crippen LogP) is 9.74. The highest BCUT2D eigenvalue weighted by Crippen LogP contribution is 2.57. The Bertz CT molecular complexity index is 1410. The normalized spacial score (nSPS) is 23.0. The van der Waals surface area contributed by atoms with Gasteiger partial charge in [0.15, 0.2) is 0 Å². The third-order valence-corrected chi connectivity index (χ3v) is 11.3. The van der Waals surface area contributed by atoms with Gasteiger partial charge in [-0.1, -0.05) is 84.0 Å². The lowest BCUT2D eigenvalue weighted by atomic mass is 9.50. The van der Waals surface area contributed by atoms with Crippen molar-refractivity contribution in [3.8, 4) is 0 Å². The largest absolute Gasteiger partial charge is 0.475 e. The Morgan fingerprint density at radius 1 is 0.792 bits per heavy atom. The second-order valence-electron chi connectivity index (χ2n) is 16.1. The third kappa shape index (κ3) is 14.9. The molecule has 4 fully saturated rings. The minimum absolute atomic E-state index is 0.0225. The Labute approximate surface area is 314 Å². The van der Waals surface area contributed by atoms with Gasteiger partial charge in [0.25, 0.3) is 5.91 Å². The summed E-state index contributed by atoms with van der Waals surface area (Å²) in [6, 6.07) is 3.43. The zero-order valence-corrected chi connectivity index (χ0v) is 32.1. The fourth-order valence-electron chi connectivity index (χ4n) is 9.27. The molecule has 2 atom stereocenters. The summed E-state index contributed by atoms with van der Waals surface area (Å²) in [5, 5.41) is 16.2. The maximum Gasteiger partial charge on any atom is 0.389 e. The summed E-state index contributed by atoms with van der Waals surface area (Å²) in [7, 11) is 0. The van der Waals surface area contributed by atoms with Crippen molar-refractivity contribution in [3.05, 3.63) is 47.6 Å². The van der Waals surface area contributed by atoms with Gasteiger partial charge in [0, 0.05) is 35.6 Å². The number of alkyl halides is 3. The van der Waals surface area contributed by atoms with E-state index in [0.717, 1.165) is 69.7 Å². The lowest BCUT2D eigenvalue weighted by molar-refractivity contribution is -0.135. The molecule has 1 amide bonds. The first-order valence-electron chi connectivity index (χ1n) is 20.4. The van der Waals surface area contributed by atoms with E-state index in [9.17, 15) is 22.8 Å². The summed E-state index contributed by atoms with van der Waals surface area (Å²) >= 11 is 0. The number of hydrogen-bond donors (Lipinski definition) is 3. The van der Waals surface area contributed by atoms with Crippen molar-refractivity contribution in [1.29, 1.82) is 0 Å². The van der Waals surface area contributed by atoms with Gasteiger partial charge in [-0.25, -0.2) is 24.7 Å². The summed E-state index contributed by atoms with van der Waals surface area (Å²) in [5.74, 6) is 0.801. The molecule has 4 saturated carbocycles. The number of halogens is 3. The van der Waals surface area contributed by atoms with Gasteiger partial charge >= 0.3 is 12.1 Å². The van der Waals surface area contributed by atoms with Crippen molar-refractivity contribution in [2.75, 3.05) is 6.54 Å². The second-order valence-corrected chi connectivity index (χ2v) is 16.1. The van der Waals surface area contributed by atoms with Gasteiger partial charge in [0.1, 0.15) is 11.5 Å². The molecule has 2 aromatic rings. The number of aromatic nitrogens is 4. The molecule has 296 valence electrons. The lowest BCUT2D eigenvalue weighted by Gasteiger charge is -2.62. The quantitative estimate of drug-likeness (QED) is 0.102. The molecule has 9 nitrogen and oxygen atoms in total. The average Bonchev–Trinajstić information content (AvgIpc) is 3.09. The molecule has 4 aliphatic rings. The molecule has 0 aromatic carbocycles. The fourth-order valence-corrected chi connectivity index (χ4v) is 9.27. The first-order valence-corrected chi connectivity index (χ1v) is 20.4. The van der Waals surface area contributed by atoms with Crippen molar-refractivity contribution in [3.63, 3.8) is 0 Å². The Kier molecular flexibility index (Phi) is 16.9. The average molecular weight is 745 g/mol. The van der Waals surface area contributed by atoms with E-state index in [1.807, 2.05) is 6.92 Å². The predicted molar refractivity (Wildman–Crippen MR) is 201 cm³/mol. The van der Waals surface area contributed by atoms with Crippen LogP contribution < -0.4 is 10.6 Å². The maximum atomic E-state index is 13.0.